The lowest BCUT2D eigenvalue weighted by Crippen LogP contribution is -2.42. The first-order valence-electron chi connectivity index (χ1n) is 5.82. The van der Waals surface area contributed by atoms with E-state index in [1.807, 2.05) is 31.4 Å². The summed E-state index contributed by atoms with van der Waals surface area (Å²) in [4.78, 5) is 5.68. The molecule has 1 saturated heterocycles. The first-order valence-corrected chi connectivity index (χ1v) is 5.82. The van der Waals surface area contributed by atoms with Crippen LogP contribution in [-0.4, -0.2) is 34.0 Å². The van der Waals surface area contributed by atoms with Gasteiger partial charge in [-0.3, -0.25) is 9.52 Å². The Balaban J connectivity index is 2.16. The molecule has 1 aromatic heterocycles. The van der Waals surface area contributed by atoms with E-state index in [1.54, 1.807) is 4.68 Å². The highest BCUT2D eigenvalue weighted by Crippen LogP contribution is 2.25. The Morgan fingerprint density at radius 3 is 2.81 bits per heavy atom. The van der Waals surface area contributed by atoms with Gasteiger partial charge in [0.25, 0.3) is 0 Å². The van der Waals surface area contributed by atoms with E-state index in [0.717, 1.165) is 25.1 Å². The first-order chi connectivity index (χ1) is 7.68. The van der Waals surface area contributed by atoms with Crippen LogP contribution < -0.4 is 5.73 Å². The minimum absolute atomic E-state index is 0.0299. The molecular weight excluding hydrogens is 204 g/mol. The van der Waals surface area contributed by atoms with Crippen LogP contribution in [0.4, 0.5) is 0 Å². The Bertz CT molecular complexity index is 330. The Kier molecular flexibility index (Phi) is 3.58. The van der Waals surface area contributed by atoms with Gasteiger partial charge in [0.15, 0.2) is 0 Å². The molecule has 0 radical (unpaired) electrons. The van der Waals surface area contributed by atoms with Gasteiger partial charge in [0.1, 0.15) is 0 Å². The second-order valence-corrected chi connectivity index (χ2v) is 4.43. The Hall–Kier alpha value is -0.910. The molecule has 1 aliphatic rings. The van der Waals surface area contributed by atoms with Crippen LogP contribution in [0.2, 0.25) is 0 Å². The number of rotatable bonds is 3. The van der Waals surface area contributed by atoms with E-state index in [-0.39, 0.29) is 12.1 Å². The molecule has 2 rings (SSSR count). The normalized spacial score (nSPS) is 21.9. The lowest BCUT2D eigenvalue weighted by molar-refractivity contribution is -0.211. The van der Waals surface area contributed by atoms with Crippen molar-refractivity contribution in [3.63, 3.8) is 0 Å². The predicted molar refractivity (Wildman–Crippen MR) is 61.5 cm³/mol. The van der Waals surface area contributed by atoms with Crippen molar-refractivity contribution in [1.82, 2.24) is 14.8 Å². The fourth-order valence-corrected chi connectivity index (χ4v) is 2.16. The lowest BCUT2D eigenvalue weighted by atomic mass is 10.0. The Morgan fingerprint density at radius 1 is 1.50 bits per heavy atom. The van der Waals surface area contributed by atoms with E-state index in [2.05, 4.69) is 5.10 Å². The highest BCUT2D eigenvalue weighted by molar-refractivity contribution is 5.12. The smallest absolute Gasteiger partial charge is 0.0780 e. The van der Waals surface area contributed by atoms with Crippen LogP contribution >= 0.6 is 0 Å². The molecule has 0 aromatic carbocycles. The summed E-state index contributed by atoms with van der Waals surface area (Å²) in [7, 11) is 1.92. The summed E-state index contributed by atoms with van der Waals surface area (Å²) in [5, 5.41) is 6.20. The van der Waals surface area contributed by atoms with Crippen molar-refractivity contribution < 1.29 is 4.84 Å². The molecule has 90 valence electrons. The molecular formula is C11H20N4O. The third-order valence-corrected chi connectivity index (χ3v) is 2.90. The monoisotopic (exact) mass is 224 g/mol. The zero-order valence-electron chi connectivity index (χ0n) is 9.97. The largest absolute Gasteiger partial charge is 0.326 e. The van der Waals surface area contributed by atoms with Crippen LogP contribution in [0.15, 0.2) is 12.4 Å². The molecule has 16 heavy (non-hydrogen) atoms. The molecule has 2 N–H and O–H groups in total. The molecule has 1 aromatic rings. The summed E-state index contributed by atoms with van der Waals surface area (Å²) < 4.78 is 1.80. The van der Waals surface area contributed by atoms with Gasteiger partial charge in [-0.1, -0.05) is 0 Å². The molecule has 0 saturated carbocycles. The van der Waals surface area contributed by atoms with Gasteiger partial charge >= 0.3 is 0 Å². The number of aryl methyl sites for hydroxylation is 1. The van der Waals surface area contributed by atoms with Gasteiger partial charge in [0.2, 0.25) is 0 Å². The first kappa shape index (κ1) is 11.6. The highest BCUT2D eigenvalue weighted by Gasteiger charge is 2.27. The molecule has 5 nitrogen and oxygen atoms in total. The van der Waals surface area contributed by atoms with Crippen molar-refractivity contribution in [3.05, 3.63) is 18.0 Å². The summed E-state index contributed by atoms with van der Waals surface area (Å²) in [5.74, 6) is 0. The molecule has 2 unspecified atom stereocenters. The van der Waals surface area contributed by atoms with Crippen LogP contribution in [0, 0.1) is 0 Å². The van der Waals surface area contributed by atoms with E-state index >= 15 is 0 Å². The zero-order chi connectivity index (χ0) is 11.5. The third kappa shape index (κ3) is 2.42. The molecule has 0 amide bonds. The van der Waals surface area contributed by atoms with Crippen molar-refractivity contribution in [2.24, 2.45) is 12.8 Å². The van der Waals surface area contributed by atoms with Crippen molar-refractivity contribution in [2.75, 3.05) is 13.2 Å². The lowest BCUT2D eigenvalue weighted by Gasteiger charge is -2.35. The summed E-state index contributed by atoms with van der Waals surface area (Å²) in [6.07, 6.45) is 6.18. The molecule has 1 fully saturated rings. The summed E-state index contributed by atoms with van der Waals surface area (Å²) in [6, 6.07) is 0.135. The van der Waals surface area contributed by atoms with Crippen molar-refractivity contribution in [2.45, 2.75) is 31.8 Å². The van der Waals surface area contributed by atoms with Crippen molar-refractivity contribution in [3.8, 4) is 0 Å². The number of nitrogens with zero attached hydrogens (tertiary/aromatic N) is 3. The van der Waals surface area contributed by atoms with Gasteiger partial charge in [-0.2, -0.15) is 10.2 Å². The fraction of sp³-hybridized carbons (Fsp3) is 0.727. The SMILES string of the molecule is CC(N)C(c1cnn(C)c1)N1CCCCO1. The second kappa shape index (κ2) is 4.95. The van der Waals surface area contributed by atoms with E-state index in [9.17, 15) is 0 Å². The van der Waals surface area contributed by atoms with Gasteiger partial charge in [0.05, 0.1) is 18.8 Å². The van der Waals surface area contributed by atoms with Crippen LogP contribution in [0.3, 0.4) is 0 Å². The highest BCUT2D eigenvalue weighted by atomic mass is 16.7. The number of hydrogen-bond acceptors (Lipinski definition) is 4. The van der Waals surface area contributed by atoms with Crippen molar-refractivity contribution in [1.29, 1.82) is 0 Å². The number of hydroxylamine groups is 2. The Morgan fingerprint density at radius 2 is 2.31 bits per heavy atom. The summed E-state index contributed by atoms with van der Waals surface area (Å²) >= 11 is 0. The minimum Gasteiger partial charge on any atom is -0.326 e. The molecule has 0 spiro atoms. The van der Waals surface area contributed by atoms with E-state index in [1.165, 1.54) is 6.42 Å². The van der Waals surface area contributed by atoms with Gasteiger partial charge in [-0.25, -0.2) is 0 Å². The molecule has 5 heteroatoms. The quantitative estimate of drug-likeness (QED) is 0.826. The van der Waals surface area contributed by atoms with Crippen LogP contribution in [0.25, 0.3) is 0 Å². The maximum absolute atomic E-state index is 6.05. The summed E-state index contributed by atoms with van der Waals surface area (Å²) in [6.45, 7) is 3.75. The molecule has 0 aliphatic carbocycles. The van der Waals surface area contributed by atoms with Crippen LogP contribution in [-0.2, 0) is 11.9 Å². The zero-order valence-corrected chi connectivity index (χ0v) is 9.97. The molecule has 0 bridgehead atoms. The predicted octanol–water partition coefficient (Wildman–Crippen LogP) is 0.836. The van der Waals surface area contributed by atoms with Crippen LogP contribution in [0.5, 0.6) is 0 Å². The topological polar surface area (TPSA) is 56.3 Å². The molecule has 2 heterocycles. The van der Waals surface area contributed by atoms with Gasteiger partial charge in [0, 0.05) is 31.4 Å². The fourth-order valence-electron chi connectivity index (χ4n) is 2.16. The van der Waals surface area contributed by atoms with Gasteiger partial charge in [-0.15, -0.1) is 0 Å². The maximum Gasteiger partial charge on any atom is 0.0780 e. The number of aromatic nitrogens is 2. The average Bonchev–Trinajstić information content (AvgIpc) is 2.66. The standard InChI is InChI=1S/C11H20N4O/c1-9(12)11(10-7-13-14(2)8-10)15-5-3-4-6-16-15/h7-9,11H,3-6,12H2,1-2H3. The molecule has 1 aliphatic heterocycles. The summed E-state index contributed by atoms with van der Waals surface area (Å²) in [5.41, 5.74) is 7.17. The van der Waals surface area contributed by atoms with E-state index < -0.39 is 0 Å². The number of nitrogens with two attached hydrogens (primary N) is 1. The van der Waals surface area contributed by atoms with E-state index in [0.29, 0.717) is 0 Å². The minimum atomic E-state index is 0.0299. The van der Waals surface area contributed by atoms with Gasteiger partial charge < -0.3 is 5.73 Å². The second-order valence-electron chi connectivity index (χ2n) is 4.43. The maximum atomic E-state index is 6.05. The number of hydrogen-bond donors (Lipinski definition) is 1. The van der Waals surface area contributed by atoms with Crippen molar-refractivity contribution >= 4 is 0 Å². The average molecular weight is 224 g/mol. The Labute approximate surface area is 96.1 Å². The van der Waals surface area contributed by atoms with Gasteiger partial charge in [-0.05, 0) is 19.8 Å². The van der Waals surface area contributed by atoms with Crippen LogP contribution in [0.1, 0.15) is 31.4 Å². The third-order valence-electron chi connectivity index (χ3n) is 2.90. The molecule has 2 atom stereocenters. The van der Waals surface area contributed by atoms with E-state index in [4.69, 9.17) is 10.6 Å².